The number of para-hydroxylation sites is 1. The fourth-order valence-corrected chi connectivity index (χ4v) is 3.68. The first-order valence-electron chi connectivity index (χ1n) is 6.22. The summed E-state index contributed by atoms with van der Waals surface area (Å²) < 4.78 is 22.6. The molecule has 0 saturated carbocycles. The normalized spacial score (nSPS) is 11.7. The van der Waals surface area contributed by atoms with Crippen molar-refractivity contribution < 1.29 is 8.42 Å². The Morgan fingerprint density at radius 2 is 2.00 bits per heavy atom. The Morgan fingerprint density at radius 3 is 2.76 bits per heavy atom. The average molecular weight is 319 g/mol. The molecule has 2 heterocycles. The van der Waals surface area contributed by atoms with E-state index in [0.29, 0.717) is 6.54 Å². The number of fused-ring (bicyclic) bond motifs is 1. The molecular weight excluding hydrogens is 306 g/mol. The Hall–Kier alpha value is -1.96. The molecule has 3 N–H and O–H groups in total. The van der Waals surface area contributed by atoms with E-state index in [2.05, 4.69) is 10.3 Å². The number of nitrogens with one attached hydrogen (secondary N) is 1. The number of hydrogen-bond acceptors (Lipinski definition) is 5. The van der Waals surface area contributed by atoms with E-state index in [1.807, 2.05) is 30.3 Å². The molecule has 0 aliphatic carbocycles. The van der Waals surface area contributed by atoms with Gasteiger partial charge in [-0.05, 0) is 24.3 Å². The zero-order valence-electron chi connectivity index (χ0n) is 11.0. The van der Waals surface area contributed by atoms with Crippen LogP contribution in [0, 0.1) is 0 Å². The molecule has 0 spiro atoms. The van der Waals surface area contributed by atoms with E-state index < -0.39 is 10.0 Å². The highest BCUT2D eigenvalue weighted by molar-refractivity contribution is 7.91. The van der Waals surface area contributed by atoms with Crippen molar-refractivity contribution in [1.82, 2.24) is 4.98 Å². The number of pyridine rings is 1. The highest BCUT2D eigenvalue weighted by Crippen LogP contribution is 2.22. The van der Waals surface area contributed by atoms with Gasteiger partial charge in [-0.15, -0.1) is 11.3 Å². The number of nitrogens with zero attached hydrogens (tertiary/aromatic N) is 1. The lowest BCUT2D eigenvalue weighted by Crippen LogP contribution is -2.09. The molecule has 0 radical (unpaired) electrons. The first kappa shape index (κ1) is 14.0. The molecule has 0 aliphatic rings. The summed E-state index contributed by atoms with van der Waals surface area (Å²) in [6, 6.07) is 13.2. The van der Waals surface area contributed by atoms with Crippen LogP contribution in [-0.4, -0.2) is 13.4 Å². The number of anilines is 1. The number of benzene rings is 1. The van der Waals surface area contributed by atoms with Crippen LogP contribution >= 0.6 is 11.3 Å². The number of thiophene rings is 1. The first-order valence-corrected chi connectivity index (χ1v) is 8.59. The maximum absolute atomic E-state index is 11.2. The maximum atomic E-state index is 11.2. The average Bonchev–Trinajstić information content (AvgIpc) is 2.94. The second kappa shape index (κ2) is 5.44. The fourth-order valence-electron chi connectivity index (χ4n) is 1.96. The lowest BCUT2D eigenvalue weighted by atomic mass is 10.2. The molecule has 3 rings (SSSR count). The van der Waals surface area contributed by atoms with Gasteiger partial charge in [-0.2, -0.15) is 0 Å². The third-order valence-corrected chi connectivity index (χ3v) is 5.50. The molecule has 0 unspecified atom stereocenters. The molecule has 108 valence electrons. The van der Waals surface area contributed by atoms with E-state index in [9.17, 15) is 8.42 Å². The smallest absolute Gasteiger partial charge is 0.247 e. The summed E-state index contributed by atoms with van der Waals surface area (Å²) in [5, 5.41) is 9.38. The van der Waals surface area contributed by atoms with Crippen molar-refractivity contribution in [1.29, 1.82) is 0 Å². The molecule has 0 saturated heterocycles. The number of primary sulfonamides is 1. The zero-order chi connectivity index (χ0) is 14.9. The first-order chi connectivity index (χ1) is 10.0. The summed E-state index contributed by atoms with van der Waals surface area (Å²) in [6.07, 6.45) is 1.76. The molecule has 0 atom stereocenters. The summed E-state index contributed by atoms with van der Waals surface area (Å²) in [4.78, 5) is 5.26. The molecule has 0 amide bonds. The Bertz CT molecular complexity index is 888. The molecular formula is C14H13N3O2S2. The van der Waals surface area contributed by atoms with Crippen molar-refractivity contribution in [3.8, 4) is 0 Å². The van der Waals surface area contributed by atoms with Gasteiger partial charge in [0.05, 0.1) is 17.4 Å². The molecule has 0 aliphatic heterocycles. The van der Waals surface area contributed by atoms with Crippen LogP contribution in [0.1, 0.15) is 4.88 Å². The summed E-state index contributed by atoms with van der Waals surface area (Å²) in [5.41, 5.74) is 1.83. The summed E-state index contributed by atoms with van der Waals surface area (Å²) in [6.45, 7) is 0.528. The minimum atomic E-state index is -3.62. The van der Waals surface area contributed by atoms with Crippen LogP contribution in [0.15, 0.2) is 52.9 Å². The fraction of sp³-hybridized carbons (Fsp3) is 0.0714. The van der Waals surface area contributed by atoms with Gasteiger partial charge in [0.15, 0.2) is 0 Å². The summed E-state index contributed by atoms with van der Waals surface area (Å²) >= 11 is 1.17. The predicted octanol–water partition coefficient (Wildman–Crippen LogP) is 2.56. The maximum Gasteiger partial charge on any atom is 0.247 e. The molecule has 1 aromatic carbocycles. The molecule has 2 aromatic heterocycles. The Labute approximate surface area is 126 Å². The van der Waals surface area contributed by atoms with E-state index in [1.165, 1.54) is 17.4 Å². The highest BCUT2D eigenvalue weighted by Gasteiger charge is 2.10. The number of nitrogens with two attached hydrogens (primary N) is 1. The van der Waals surface area contributed by atoms with Gasteiger partial charge in [-0.1, -0.05) is 18.2 Å². The molecule has 0 bridgehead atoms. The Morgan fingerprint density at radius 1 is 1.19 bits per heavy atom. The van der Waals surface area contributed by atoms with Gasteiger partial charge in [-0.3, -0.25) is 4.98 Å². The number of hydrogen-bond donors (Lipinski definition) is 2. The van der Waals surface area contributed by atoms with Gasteiger partial charge in [0.25, 0.3) is 0 Å². The van der Waals surface area contributed by atoms with Crippen LogP contribution in [0.2, 0.25) is 0 Å². The van der Waals surface area contributed by atoms with E-state index in [0.717, 1.165) is 21.5 Å². The van der Waals surface area contributed by atoms with Gasteiger partial charge >= 0.3 is 0 Å². The molecule has 3 aromatic rings. The second-order valence-corrected chi connectivity index (χ2v) is 7.49. The monoisotopic (exact) mass is 319 g/mol. The van der Waals surface area contributed by atoms with Crippen LogP contribution in [0.4, 0.5) is 5.69 Å². The third kappa shape index (κ3) is 3.21. The topological polar surface area (TPSA) is 85.1 Å². The van der Waals surface area contributed by atoms with Crippen molar-refractivity contribution in [3.05, 3.63) is 53.5 Å². The molecule has 21 heavy (non-hydrogen) atoms. The largest absolute Gasteiger partial charge is 0.379 e. The minimum Gasteiger partial charge on any atom is -0.379 e. The van der Waals surface area contributed by atoms with Crippen LogP contribution in [0.25, 0.3) is 10.9 Å². The van der Waals surface area contributed by atoms with Gasteiger partial charge in [0.2, 0.25) is 10.0 Å². The number of rotatable bonds is 4. The van der Waals surface area contributed by atoms with Gasteiger partial charge in [-0.25, -0.2) is 13.6 Å². The molecule has 7 heteroatoms. The minimum absolute atomic E-state index is 0.177. The van der Waals surface area contributed by atoms with Crippen LogP contribution in [-0.2, 0) is 16.6 Å². The standard InChI is InChI=1S/C14H13N3O2S2/c15-21(18,19)14-6-5-12(20-14)9-16-11-7-10-3-1-2-4-13(10)17-8-11/h1-8,16H,9H2,(H2,15,18,19). The number of aromatic nitrogens is 1. The Kier molecular flexibility index (Phi) is 3.62. The van der Waals surface area contributed by atoms with Crippen molar-refractivity contribution in [3.63, 3.8) is 0 Å². The summed E-state index contributed by atoms with van der Waals surface area (Å²) in [7, 11) is -3.62. The second-order valence-electron chi connectivity index (χ2n) is 4.54. The van der Waals surface area contributed by atoms with E-state index >= 15 is 0 Å². The molecule has 0 fully saturated rings. The quantitative estimate of drug-likeness (QED) is 0.774. The van der Waals surface area contributed by atoms with Crippen molar-refractivity contribution in [2.45, 2.75) is 10.8 Å². The van der Waals surface area contributed by atoms with E-state index in [-0.39, 0.29) is 4.21 Å². The Balaban J connectivity index is 1.75. The van der Waals surface area contributed by atoms with E-state index in [1.54, 1.807) is 12.3 Å². The zero-order valence-corrected chi connectivity index (χ0v) is 12.6. The van der Waals surface area contributed by atoms with Crippen LogP contribution in [0.5, 0.6) is 0 Å². The number of sulfonamides is 1. The SMILES string of the molecule is NS(=O)(=O)c1ccc(CNc2cnc3ccccc3c2)s1. The van der Waals surface area contributed by atoms with E-state index in [4.69, 9.17) is 5.14 Å². The lowest BCUT2D eigenvalue weighted by Gasteiger charge is -2.05. The predicted molar refractivity (Wildman–Crippen MR) is 84.8 cm³/mol. The lowest BCUT2D eigenvalue weighted by molar-refractivity contribution is 0.600. The van der Waals surface area contributed by atoms with Gasteiger partial charge in [0.1, 0.15) is 4.21 Å². The summed E-state index contributed by atoms with van der Waals surface area (Å²) in [5.74, 6) is 0. The van der Waals surface area contributed by atoms with Crippen molar-refractivity contribution in [2.75, 3.05) is 5.32 Å². The van der Waals surface area contributed by atoms with Crippen LogP contribution in [0.3, 0.4) is 0 Å². The van der Waals surface area contributed by atoms with Gasteiger partial charge < -0.3 is 5.32 Å². The van der Waals surface area contributed by atoms with Crippen molar-refractivity contribution in [2.24, 2.45) is 5.14 Å². The van der Waals surface area contributed by atoms with Crippen LogP contribution < -0.4 is 10.5 Å². The highest BCUT2D eigenvalue weighted by atomic mass is 32.2. The van der Waals surface area contributed by atoms with Crippen molar-refractivity contribution >= 4 is 38.0 Å². The molecule has 5 nitrogen and oxygen atoms in total. The van der Waals surface area contributed by atoms with Gasteiger partial charge in [0, 0.05) is 16.8 Å². The third-order valence-electron chi connectivity index (χ3n) is 2.97.